The summed E-state index contributed by atoms with van der Waals surface area (Å²) in [6, 6.07) is 14.3. The molecule has 0 amide bonds. The number of hydrogen-bond donors (Lipinski definition) is 0. The molecule has 3 nitrogen and oxygen atoms in total. The fourth-order valence-electron chi connectivity index (χ4n) is 3.22. The van der Waals surface area contributed by atoms with Crippen molar-refractivity contribution in [2.75, 3.05) is 18.0 Å². The van der Waals surface area contributed by atoms with Crippen LogP contribution >= 0.6 is 11.6 Å². The predicted octanol–water partition coefficient (Wildman–Crippen LogP) is 4.94. The Labute approximate surface area is 140 Å². The second kappa shape index (κ2) is 6.17. The number of nitrogens with zero attached hydrogens (tertiary/aromatic N) is 3. The standard InChI is InChI=1S/C19H18ClN3/c20-16-7-4-14(5-8-16)15-6-9-18-17(12-15)19(22-13-21-18)23-10-2-1-3-11-23/h4-9,12-13H,1-3,10-11H2. The van der Waals surface area contributed by atoms with Crippen molar-refractivity contribution in [2.45, 2.75) is 19.3 Å². The number of rotatable bonds is 2. The molecule has 1 aliphatic heterocycles. The molecule has 4 rings (SSSR count). The van der Waals surface area contributed by atoms with E-state index in [4.69, 9.17) is 11.6 Å². The van der Waals surface area contributed by atoms with Gasteiger partial charge in [-0.1, -0.05) is 29.8 Å². The molecule has 0 saturated carbocycles. The molecular formula is C19H18ClN3. The molecule has 2 heterocycles. The van der Waals surface area contributed by atoms with E-state index in [9.17, 15) is 0 Å². The van der Waals surface area contributed by atoms with Crippen molar-refractivity contribution in [3.8, 4) is 11.1 Å². The fourth-order valence-corrected chi connectivity index (χ4v) is 3.35. The van der Waals surface area contributed by atoms with Crippen LogP contribution in [0.15, 0.2) is 48.8 Å². The Morgan fingerprint density at radius 3 is 2.35 bits per heavy atom. The third kappa shape index (κ3) is 2.89. The molecule has 1 aliphatic rings. The number of hydrogen-bond acceptors (Lipinski definition) is 3. The molecule has 2 aromatic carbocycles. The van der Waals surface area contributed by atoms with Crippen molar-refractivity contribution in [3.63, 3.8) is 0 Å². The van der Waals surface area contributed by atoms with E-state index in [0.29, 0.717) is 0 Å². The summed E-state index contributed by atoms with van der Waals surface area (Å²) in [7, 11) is 0. The van der Waals surface area contributed by atoms with Gasteiger partial charge in [0, 0.05) is 23.5 Å². The molecule has 0 unspecified atom stereocenters. The Kier molecular flexibility index (Phi) is 3.88. The monoisotopic (exact) mass is 323 g/mol. The Morgan fingerprint density at radius 1 is 0.826 bits per heavy atom. The van der Waals surface area contributed by atoms with Crippen LogP contribution in [0.3, 0.4) is 0 Å². The van der Waals surface area contributed by atoms with Crippen LogP contribution in [-0.4, -0.2) is 23.1 Å². The van der Waals surface area contributed by atoms with E-state index in [0.717, 1.165) is 40.4 Å². The molecule has 3 aromatic rings. The number of fused-ring (bicyclic) bond motifs is 1. The zero-order chi connectivity index (χ0) is 15.6. The number of anilines is 1. The maximum Gasteiger partial charge on any atom is 0.139 e. The van der Waals surface area contributed by atoms with Crippen LogP contribution in [0.1, 0.15) is 19.3 Å². The van der Waals surface area contributed by atoms with Gasteiger partial charge in [-0.15, -0.1) is 0 Å². The van der Waals surface area contributed by atoms with Gasteiger partial charge >= 0.3 is 0 Å². The van der Waals surface area contributed by atoms with E-state index in [1.54, 1.807) is 6.33 Å². The van der Waals surface area contributed by atoms with E-state index in [-0.39, 0.29) is 0 Å². The van der Waals surface area contributed by atoms with Crippen molar-refractivity contribution < 1.29 is 0 Å². The molecule has 0 bridgehead atoms. The Hall–Kier alpha value is -2.13. The summed E-state index contributed by atoms with van der Waals surface area (Å²) in [6.07, 6.45) is 5.47. The molecule has 1 aromatic heterocycles. The average Bonchev–Trinajstić information content (AvgIpc) is 2.62. The van der Waals surface area contributed by atoms with Crippen LogP contribution < -0.4 is 4.90 Å². The van der Waals surface area contributed by atoms with Gasteiger partial charge in [0.05, 0.1) is 5.52 Å². The van der Waals surface area contributed by atoms with Crippen LogP contribution in [0.4, 0.5) is 5.82 Å². The van der Waals surface area contributed by atoms with Crippen LogP contribution in [-0.2, 0) is 0 Å². The predicted molar refractivity (Wildman–Crippen MR) is 96.0 cm³/mol. The van der Waals surface area contributed by atoms with Gasteiger partial charge in [0.1, 0.15) is 12.1 Å². The van der Waals surface area contributed by atoms with E-state index in [1.807, 2.05) is 24.3 Å². The summed E-state index contributed by atoms with van der Waals surface area (Å²) < 4.78 is 0. The molecule has 4 heteroatoms. The topological polar surface area (TPSA) is 29.0 Å². The summed E-state index contributed by atoms with van der Waals surface area (Å²) in [5.74, 6) is 1.06. The molecule has 0 N–H and O–H groups in total. The van der Waals surface area contributed by atoms with Gasteiger partial charge in [-0.2, -0.15) is 0 Å². The molecule has 1 saturated heterocycles. The highest BCUT2D eigenvalue weighted by atomic mass is 35.5. The van der Waals surface area contributed by atoms with Gasteiger partial charge in [0.15, 0.2) is 0 Å². The lowest BCUT2D eigenvalue weighted by Crippen LogP contribution is -2.30. The van der Waals surface area contributed by atoms with E-state index in [1.165, 1.54) is 24.8 Å². The second-order valence-corrected chi connectivity index (χ2v) is 6.42. The number of piperidine rings is 1. The van der Waals surface area contributed by atoms with Crippen LogP contribution in [0.5, 0.6) is 0 Å². The summed E-state index contributed by atoms with van der Waals surface area (Å²) in [6.45, 7) is 2.16. The zero-order valence-electron chi connectivity index (χ0n) is 12.9. The summed E-state index contributed by atoms with van der Waals surface area (Å²) in [4.78, 5) is 11.4. The fraction of sp³-hybridized carbons (Fsp3) is 0.263. The maximum atomic E-state index is 5.99. The van der Waals surface area contributed by atoms with Gasteiger partial charge in [-0.25, -0.2) is 9.97 Å². The van der Waals surface area contributed by atoms with Crippen LogP contribution in [0.25, 0.3) is 22.0 Å². The minimum absolute atomic E-state index is 0.756. The van der Waals surface area contributed by atoms with Gasteiger partial charge < -0.3 is 4.90 Å². The lowest BCUT2D eigenvalue weighted by molar-refractivity contribution is 0.574. The van der Waals surface area contributed by atoms with Gasteiger partial charge in [-0.05, 0) is 54.7 Å². The smallest absolute Gasteiger partial charge is 0.139 e. The van der Waals surface area contributed by atoms with Crippen molar-refractivity contribution in [2.24, 2.45) is 0 Å². The highest BCUT2D eigenvalue weighted by Crippen LogP contribution is 2.30. The molecular weight excluding hydrogens is 306 g/mol. The number of aromatic nitrogens is 2. The SMILES string of the molecule is Clc1ccc(-c2ccc3ncnc(N4CCCCC4)c3c2)cc1. The molecule has 0 aliphatic carbocycles. The van der Waals surface area contributed by atoms with Crippen LogP contribution in [0.2, 0.25) is 5.02 Å². The third-order valence-electron chi connectivity index (χ3n) is 4.45. The molecule has 116 valence electrons. The summed E-state index contributed by atoms with van der Waals surface area (Å²) >= 11 is 5.99. The van der Waals surface area contributed by atoms with E-state index < -0.39 is 0 Å². The number of benzene rings is 2. The Bertz CT molecular complexity index is 824. The normalized spacial score (nSPS) is 15.1. The molecule has 0 atom stereocenters. The molecule has 1 fully saturated rings. The average molecular weight is 324 g/mol. The highest BCUT2D eigenvalue weighted by Gasteiger charge is 2.15. The van der Waals surface area contributed by atoms with Gasteiger partial charge in [0.25, 0.3) is 0 Å². The van der Waals surface area contributed by atoms with Gasteiger partial charge in [-0.3, -0.25) is 0 Å². The minimum atomic E-state index is 0.756. The third-order valence-corrected chi connectivity index (χ3v) is 4.70. The molecule has 0 radical (unpaired) electrons. The Morgan fingerprint density at radius 2 is 1.57 bits per heavy atom. The lowest BCUT2D eigenvalue weighted by atomic mass is 10.0. The number of halogens is 1. The van der Waals surface area contributed by atoms with Crippen LogP contribution in [0, 0.1) is 0 Å². The van der Waals surface area contributed by atoms with Crippen molar-refractivity contribution in [1.29, 1.82) is 0 Å². The first-order chi connectivity index (χ1) is 11.3. The minimum Gasteiger partial charge on any atom is -0.356 e. The lowest BCUT2D eigenvalue weighted by Gasteiger charge is -2.28. The second-order valence-electron chi connectivity index (χ2n) is 5.98. The van der Waals surface area contributed by atoms with E-state index >= 15 is 0 Å². The first-order valence-corrected chi connectivity index (χ1v) is 8.45. The van der Waals surface area contributed by atoms with Gasteiger partial charge in [0.2, 0.25) is 0 Å². The summed E-state index contributed by atoms with van der Waals surface area (Å²) in [5.41, 5.74) is 3.32. The quantitative estimate of drug-likeness (QED) is 0.669. The molecule has 0 spiro atoms. The van der Waals surface area contributed by atoms with Crippen molar-refractivity contribution in [1.82, 2.24) is 9.97 Å². The maximum absolute atomic E-state index is 5.99. The van der Waals surface area contributed by atoms with Crippen molar-refractivity contribution >= 4 is 28.3 Å². The summed E-state index contributed by atoms with van der Waals surface area (Å²) in [5, 5.41) is 1.88. The molecule has 23 heavy (non-hydrogen) atoms. The zero-order valence-corrected chi connectivity index (χ0v) is 13.6. The van der Waals surface area contributed by atoms with Crippen molar-refractivity contribution in [3.05, 3.63) is 53.8 Å². The first kappa shape index (κ1) is 14.5. The van der Waals surface area contributed by atoms with E-state index in [2.05, 4.69) is 33.1 Å². The highest BCUT2D eigenvalue weighted by molar-refractivity contribution is 6.30. The first-order valence-electron chi connectivity index (χ1n) is 8.07. The largest absolute Gasteiger partial charge is 0.356 e. The Balaban J connectivity index is 1.81.